The summed E-state index contributed by atoms with van der Waals surface area (Å²) in [5.41, 5.74) is 2.91. The number of carbonyl (C=O) groups excluding carboxylic acids is 2. The number of anilines is 1. The second kappa shape index (κ2) is 8.84. The minimum Gasteiger partial charge on any atom is -0.478 e. The van der Waals surface area contributed by atoms with Crippen LogP contribution in [0.25, 0.3) is 17.4 Å². The summed E-state index contributed by atoms with van der Waals surface area (Å²) < 4.78 is 5.79. The fraction of sp³-hybridized carbons (Fsp3) is 0.120. The first kappa shape index (κ1) is 22.2. The molecular formula is C25H20N2O5S. The number of carbonyl (C=O) groups is 3. The summed E-state index contributed by atoms with van der Waals surface area (Å²) in [7, 11) is 0. The van der Waals surface area contributed by atoms with Crippen LogP contribution in [-0.4, -0.2) is 28.0 Å². The molecule has 1 aliphatic heterocycles. The standard InChI is InChI=1S/C25H20N2O5S/c1-3-15-5-8-17(9-6-15)27-23(29)20(22(28)26-25(27)33)13-18-10-11-21(32-18)16-7-4-14(2)19(12-16)24(30)31/h4-13H,3H2,1-2H3,(H,30,31)(H,26,28,33). The van der Waals surface area contributed by atoms with Gasteiger partial charge in [-0.05, 0) is 73.1 Å². The lowest BCUT2D eigenvalue weighted by atomic mass is 10.0. The normalized spacial score (nSPS) is 15.2. The Kier molecular flexibility index (Phi) is 5.93. The number of carboxylic acids is 1. The fourth-order valence-electron chi connectivity index (χ4n) is 3.51. The Labute approximate surface area is 195 Å². The lowest BCUT2D eigenvalue weighted by Crippen LogP contribution is -2.54. The van der Waals surface area contributed by atoms with Crippen molar-refractivity contribution in [1.29, 1.82) is 0 Å². The third-order valence-corrected chi connectivity index (χ3v) is 5.65. The van der Waals surface area contributed by atoms with Gasteiger partial charge in [-0.15, -0.1) is 0 Å². The van der Waals surface area contributed by atoms with Crippen LogP contribution < -0.4 is 10.2 Å². The molecule has 0 radical (unpaired) electrons. The van der Waals surface area contributed by atoms with E-state index in [0.29, 0.717) is 22.6 Å². The molecule has 2 amide bonds. The molecule has 1 aliphatic rings. The van der Waals surface area contributed by atoms with Gasteiger partial charge in [0, 0.05) is 5.56 Å². The molecule has 0 atom stereocenters. The zero-order chi connectivity index (χ0) is 23.7. The summed E-state index contributed by atoms with van der Waals surface area (Å²) in [6, 6.07) is 15.6. The minimum absolute atomic E-state index is 0.00684. The lowest BCUT2D eigenvalue weighted by molar-refractivity contribution is -0.122. The van der Waals surface area contributed by atoms with Gasteiger partial charge in [0.2, 0.25) is 0 Å². The number of nitrogens with zero attached hydrogens (tertiary/aromatic N) is 1. The van der Waals surface area contributed by atoms with Gasteiger partial charge in [0.05, 0.1) is 11.3 Å². The first-order chi connectivity index (χ1) is 15.8. The van der Waals surface area contributed by atoms with Crippen molar-refractivity contribution in [3.8, 4) is 11.3 Å². The Hall–Kier alpha value is -4.04. The number of furan rings is 1. The first-order valence-corrected chi connectivity index (χ1v) is 10.6. The van der Waals surface area contributed by atoms with Gasteiger partial charge in [0.25, 0.3) is 11.8 Å². The third kappa shape index (κ3) is 4.33. The van der Waals surface area contributed by atoms with E-state index in [-0.39, 0.29) is 22.0 Å². The molecule has 0 saturated carbocycles. The molecule has 0 bridgehead atoms. The van der Waals surface area contributed by atoms with E-state index >= 15 is 0 Å². The van der Waals surface area contributed by atoms with Gasteiger partial charge in [0.15, 0.2) is 5.11 Å². The number of carboxylic acid groups (broad SMARTS) is 1. The van der Waals surface area contributed by atoms with Crippen LogP contribution in [0, 0.1) is 6.92 Å². The van der Waals surface area contributed by atoms with E-state index in [1.54, 1.807) is 43.3 Å². The molecule has 0 aliphatic carbocycles. The van der Waals surface area contributed by atoms with Crippen molar-refractivity contribution in [2.75, 3.05) is 4.90 Å². The highest BCUT2D eigenvalue weighted by atomic mass is 32.1. The summed E-state index contributed by atoms with van der Waals surface area (Å²) in [4.78, 5) is 38.3. The van der Waals surface area contributed by atoms with Crippen LogP contribution in [0.1, 0.15) is 34.2 Å². The van der Waals surface area contributed by atoms with E-state index in [1.807, 2.05) is 19.1 Å². The molecule has 0 unspecified atom stereocenters. The summed E-state index contributed by atoms with van der Waals surface area (Å²) in [6.07, 6.45) is 2.21. The van der Waals surface area contributed by atoms with Crippen LogP contribution in [0.2, 0.25) is 0 Å². The molecule has 33 heavy (non-hydrogen) atoms. The summed E-state index contributed by atoms with van der Waals surface area (Å²) in [5, 5.41) is 11.9. The average molecular weight is 461 g/mol. The highest BCUT2D eigenvalue weighted by molar-refractivity contribution is 7.80. The van der Waals surface area contributed by atoms with Crippen molar-refractivity contribution in [1.82, 2.24) is 5.32 Å². The highest BCUT2D eigenvalue weighted by Gasteiger charge is 2.34. The average Bonchev–Trinajstić information content (AvgIpc) is 3.26. The summed E-state index contributed by atoms with van der Waals surface area (Å²) in [6.45, 7) is 3.74. The minimum atomic E-state index is -1.03. The van der Waals surface area contributed by atoms with Crippen LogP contribution in [-0.2, 0) is 16.0 Å². The molecule has 2 heterocycles. The smallest absolute Gasteiger partial charge is 0.335 e. The maximum atomic E-state index is 13.1. The zero-order valence-corrected chi connectivity index (χ0v) is 18.7. The Morgan fingerprint density at radius 3 is 2.52 bits per heavy atom. The number of amides is 2. The molecular weight excluding hydrogens is 440 g/mol. The van der Waals surface area contributed by atoms with Crippen LogP contribution >= 0.6 is 12.2 Å². The summed E-state index contributed by atoms with van der Waals surface area (Å²) in [5.74, 6) is -1.52. The second-order valence-corrected chi connectivity index (χ2v) is 7.90. The highest BCUT2D eigenvalue weighted by Crippen LogP contribution is 2.27. The number of benzene rings is 2. The van der Waals surface area contributed by atoms with Gasteiger partial charge in [-0.1, -0.05) is 31.2 Å². The van der Waals surface area contributed by atoms with E-state index < -0.39 is 17.8 Å². The molecule has 4 rings (SSSR count). The number of hydrogen-bond donors (Lipinski definition) is 2. The van der Waals surface area contributed by atoms with Gasteiger partial charge < -0.3 is 9.52 Å². The maximum absolute atomic E-state index is 13.1. The first-order valence-electron chi connectivity index (χ1n) is 10.2. The predicted octanol–water partition coefficient (Wildman–Crippen LogP) is 4.35. The van der Waals surface area contributed by atoms with Gasteiger partial charge in [-0.25, -0.2) is 4.79 Å². The second-order valence-electron chi connectivity index (χ2n) is 7.51. The lowest BCUT2D eigenvalue weighted by Gasteiger charge is -2.28. The molecule has 8 heteroatoms. The van der Waals surface area contributed by atoms with Crippen molar-refractivity contribution >= 4 is 46.9 Å². The largest absolute Gasteiger partial charge is 0.478 e. The van der Waals surface area contributed by atoms with Crippen molar-refractivity contribution in [2.24, 2.45) is 0 Å². The SMILES string of the molecule is CCc1ccc(N2C(=O)C(=Cc3ccc(-c4ccc(C)c(C(=O)O)c4)o3)C(=O)NC2=S)cc1. The Bertz CT molecular complexity index is 1320. The number of hydrogen-bond acceptors (Lipinski definition) is 5. The van der Waals surface area contributed by atoms with Gasteiger partial charge in [0.1, 0.15) is 17.1 Å². The van der Waals surface area contributed by atoms with Crippen molar-refractivity contribution in [3.63, 3.8) is 0 Å². The molecule has 7 nitrogen and oxygen atoms in total. The van der Waals surface area contributed by atoms with E-state index in [0.717, 1.165) is 12.0 Å². The van der Waals surface area contributed by atoms with Crippen molar-refractivity contribution in [2.45, 2.75) is 20.3 Å². The number of rotatable bonds is 5. The van der Waals surface area contributed by atoms with E-state index in [4.69, 9.17) is 16.6 Å². The monoisotopic (exact) mass is 460 g/mol. The molecule has 166 valence electrons. The molecule has 1 aromatic heterocycles. The molecule has 2 N–H and O–H groups in total. The van der Waals surface area contributed by atoms with Crippen molar-refractivity contribution in [3.05, 3.63) is 82.6 Å². The number of aromatic carboxylic acids is 1. The fourth-order valence-corrected chi connectivity index (χ4v) is 3.79. The Morgan fingerprint density at radius 2 is 1.85 bits per heavy atom. The van der Waals surface area contributed by atoms with Crippen LogP contribution in [0.4, 0.5) is 5.69 Å². The quantitative estimate of drug-likeness (QED) is 0.334. The molecule has 0 spiro atoms. The predicted molar refractivity (Wildman–Crippen MR) is 128 cm³/mol. The zero-order valence-electron chi connectivity index (χ0n) is 17.9. The van der Waals surface area contributed by atoms with Crippen LogP contribution in [0.15, 0.2) is 64.6 Å². The number of nitrogens with one attached hydrogen (secondary N) is 1. The molecule has 1 saturated heterocycles. The van der Waals surface area contributed by atoms with Crippen LogP contribution in [0.3, 0.4) is 0 Å². The van der Waals surface area contributed by atoms with E-state index in [9.17, 15) is 19.5 Å². The Balaban J connectivity index is 1.66. The van der Waals surface area contributed by atoms with Gasteiger partial charge >= 0.3 is 5.97 Å². The number of aryl methyl sites for hydroxylation is 2. The number of thiocarbonyl (C=S) groups is 1. The maximum Gasteiger partial charge on any atom is 0.335 e. The molecule has 1 fully saturated rings. The molecule has 3 aromatic rings. The van der Waals surface area contributed by atoms with E-state index in [1.165, 1.54) is 17.0 Å². The van der Waals surface area contributed by atoms with Crippen molar-refractivity contribution < 1.29 is 23.9 Å². The van der Waals surface area contributed by atoms with Crippen LogP contribution in [0.5, 0.6) is 0 Å². The van der Waals surface area contributed by atoms with E-state index in [2.05, 4.69) is 5.32 Å². The Morgan fingerprint density at radius 1 is 1.12 bits per heavy atom. The summed E-state index contributed by atoms with van der Waals surface area (Å²) >= 11 is 5.23. The van der Waals surface area contributed by atoms with Gasteiger partial charge in [-0.2, -0.15) is 0 Å². The third-order valence-electron chi connectivity index (χ3n) is 5.37. The topological polar surface area (TPSA) is 99.8 Å². The molecule has 2 aromatic carbocycles. The van der Waals surface area contributed by atoms with Gasteiger partial charge in [-0.3, -0.25) is 19.8 Å².